The Bertz CT molecular complexity index is 745. The lowest BCUT2D eigenvalue weighted by molar-refractivity contribution is -0.123. The molecule has 1 saturated heterocycles. The SMILES string of the molecule is O=C1S/C(=C\c2ccccn2)C(=O)N1Cc1ccc(I)cc1. The molecule has 0 unspecified atom stereocenters. The van der Waals surface area contributed by atoms with E-state index in [1.165, 1.54) is 4.90 Å². The van der Waals surface area contributed by atoms with Crippen molar-refractivity contribution in [2.24, 2.45) is 0 Å². The van der Waals surface area contributed by atoms with E-state index >= 15 is 0 Å². The van der Waals surface area contributed by atoms with Crippen LogP contribution >= 0.6 is 34.4 Å². The van der Waals surface area contributed by atoms with Crippen LogP contribution in [-0.4, -0.2) is 21.0 Å². The van der Waals surface area contributed by atoms with E-state index in [4.69, 9.17) is 0 Å². The quantitative estimate of drug-likeness (QED) is 0.556. The van der Waals surface area contributed by atoms with Crippen molar-refractivity contribution < 1.29 is 9.59 Å². The summed E-state index contributed by atoms with van der Waals surface area (Å²) in [4.78, 5) is 30.3. The molecule has 22 heavy (non-hydrogen) atoms. The van der Waals surface area contributed by atoms with Crippen LogP contribution in [0.5, 0.6) is 0 Å². The summed E-state index contributed by atoms with van der Waals surface area (Å²) >= 11 is 3.17. The van der Waals surface area contributed by atoms with Crippen LogP contribution in [0, 0.1) is 3.57 Å². The van der Waals surface area contributed by atoms with Crippen LogP contribution in [0.25, 0.3) is 6.08 Å². The molecule has 6 heteroatoms. The largest absolute Gasteiger partial charge is 0.293 e. The Morgan fingerprint density at radius 1 is 1.14 bits per heavy atom. The first-order valence-electron chi connectivity index (χ1n) is 6.54. The van der Waals surface area contributed by atoms with Crippen LogP contribution < -0.4 is 0 Å². The minimum Gasteiger partial charge on any atom is -0.268 e. The maximum atomic E-state index is 12.4. The molecular weight excluding hydrogens is 411 g/mol. The molecule has 2 amide bonds. The smallest absolute Gasteiger partial charge is 0.268 e. The Morgan fingerprint density at radius 2 is 1.91 bits per heavy atom. The molecule has 4 nitrogen and oxygen atoms in total. The second-order valence-electron chi connectivity index (χ2n) is 4.65. The van der Waals surface area contributed by atoms with Crippen LogP contribution in [0.2, 0.25) is 0 Å². The van der Waals surface area contributed by atoms with Crippen LogP contribution in [-0.2, 0) is 11.3 Å². The van der Waals surface area contributed by atoms with Gasteiger partial charge >= 0.3 is 0 Å². The van der Waals surface area contributed by atoms with E-state index in [1.54, 1.807) is 24.4 Å². The third-order valence-electron chi connectivity index (χ3n) is 3.09. The Balaban J connectivity index is 1.80. The number of aromatic nitrogens is 1. The van der Waals surface area contributed by atoms with E-state index in [2.05, 4.69) is 27.6 Å². The zero-order valence-corrected chi connectivity index (χ0v) is 14.4. The maximum Gasteiger partial charge on any atom is 0.293 e. The number of amides is 2. The van der Waals surface area contributed by atoms with Gasteiger partial charge in [-0.1, -0.05) is 18.2 Å². The number of halogens is 1. The van der Waals surface area contributed by atoms with Gasteiger partial charge in [0.05, 0.1) is 17.1 Å². The fourth-order valence-corrected chi connectivity index (χ4v) is 3.19. The van der Waals surface area contributed by atoms with Crippen molar-refractivity contribution >= 4 is 51.6 Å². The molecule has 0 spiro atoms. The molecule has 1 aliphatic heterocycles. The molecule has 3 rings (SSSR count). The Hall–Kier alpha value is -1.67. The molecule has 1 aliphatic rings. The molecule has 110 valence electrons. The highest BCUT2D eigenvalue weighted by Crippen LogP contribution is 2.33. The predicted octanol–water partition coefficient (Wildman–Crippen LogP) is 3.92. The van der Waals surface area contributed by atoms with Gasteiger partial charge in [0.1, 0.15) is 0 Å². The van der Waals surface area contributed by atoms with Gasteiger partial charge in [0.15, 0.2) is 0 Å². The topological polar surface area (TPSA) is 50.3 Å². The van der Waals surface area contributed by atoms with Crippen molar-refractivity contribution in [2.75, 3.05) is 0 Å². The van der Waals surface area contributed by atoms with Gasteiger partial charge in [-0.15, -0.1) is 0 Å². The number of carbonyl (C=O) groups is 2. The normalized spacial score (nSPS) is 16.6. The zero-order valence-electron chi connectivity index (χ0n) is 11.4. The van der Waals surface area contributed by atoms with Crippen molar-refractivity contribution in [1.82, 2.24) is 9.88 Å². The molecule has 2 heterocycles. The lowest BCUT2D eigenvalue weighted by atomic mass is 10.2. The number of imide groups is 1. The average molecular weight is 422 g/mol. The molecule has 1 aromatic carbocycles. The first kappa shape index (κ1) is 15.2. The standard InChI is InChI=1S/C16H11IN2O2S/c17-12-6-4-11(5-7-12)10-19-15(20)14(22-16(19)21)9-13-3-1-2-8-18-13/h1-9H,10H2/b14-9-. The van der Waals surface area contributed by atoms with E-state index in [0.29, 0.717) is 17.1 Å². The summed E-state index contributed by atoms with van der Waals surface area (Å²) in [6.45, 7) is 0.293. The monoisotopic (exact) mass is 422 g/mol. The molecule has 0 atom stereocenters. The molecule has 1 fully saturated rings. The summed E-state index contributed by atoms with van der Waals surface area (Å²) < 4.78 is 1.12. The highest BCUT2D eigenvalue weighted by Gasteiger charge is 2.35. The minimum absolute atomic E-state index is 0.245. The molecule has 1 aromatic heterocycles. The van der Waals surface area contributed by atoms with Crippen molar-refractivity contribution in [3.8, 4) is 0 Å². The lowest BCUT2D eigenvalue weighted by Gasteiger charge is -2.12. The van der Waals surface area contributed by atoms with E-state index in [9.17, 15) is 9.59 Å². The van der Waals surface area contributed by atoms with Crippen molar-refractivity contribution in [3.05, 3.63) is 68.4 Å². The van der Waals surface area contributed by atoms with Gasteiger partial charge in [-0.3, -0.25) is 19.5 Å². The number of benzene rings is 1. The second kappa shape index (κ2) is 6.62. The molecule has 0 saturated carbocycles. The third-order valence-corrected chi connectivity index (χ3v) is 4.72. The van der Waals surface area contributed by atoms with Crippen LogP contribution in [0.15, 0.2) is 53.6 Å². The minimum atomic E-state index is -0.265. The van der Waals surface area contributed by atoms with E-state index in [-0.39, 0.29) is 11.1 Å². The second-order valence-corrected chi connectivity index (χ2v) is 6.89. The Kier molecular flexibility index (Phi) is 4.58. The zero-order chi connectivity index (χ0) is 15.5. The highest BCUT2D eigenvalue weighted by molar-refractivity contribution is 14.1. The predicted molar refractivity (Wildman–Crippen MR) is 94.9 cm³/mol. The number of pyridine rings is 1. The number of hydrogen-bond donors (Lipinski definition) is 0. The van der Waals surface area contributed by atoms with Gasteiger partial charge in [0.2, 0.25) is 0 Å². The van der Waals surface area contributed by atoms with E-state index < -0.39 is 0 Å². The van der Waals surface area contributed by atoms with E-state index in [0.717, 1.165) is 20.9 Å². The van der Waals surface area contributed by atoms with Gasteiger partial charge in [0, 0.05) is 9.77 Å². The highest BCUT2D eigenvalue weighted by atomic mass is 127. The fourth-order valence-electron chi connectivity index (χ4n) is 2.00. The van der Waals surface area contributed by atoms with Crippen molar-refractivity contribution in [1.29, 1.82) is 0 Å². The van der Waals surface area contributed by atoms with Gasteiger partial charge in [0.25, 0.3) is 11.1 Å². The van der Waals surface area contributed by atoms with Crippen LogP contribution in [0.1, 0.15) is 11.3 Å². The number of carbonyl (C=O) groups excluding carboxylic acids is 2. The summed E-state index contributed by atoms with van der Waals surface area (Å²) in [6.07, 6.45) is 3.31. The summed E-state index contributed by atoms with van der Waals surface area (Å²) in [5.41, 5.74) is 1.60. The van der Waals surface area contributed by atoms with Crippen molar-refractivity contribution in [2.45, 2.75) is 6.54 Å². The van der Waals surface area contributed by atoms with Gasteiger partial charge in [-0.05, 0) is 70.3 Å². The summed E-state index contributed by atoms with van der Waals surface area (Å²) in [6, 6.07) is 13.2. The summed E-state index contributed by atoms with van der Waals surface area (Å²) in [7, 11) is 0. The summed E-state index contributed by atoms with van der Waals surface area (Å²) in [5, 5.41) is -0.245. The lowest BCUT2D eigenvalue weighted by Crippen LogP contribution is -2.27. The number of nitrogens with zero attached hydrogens (tertiary/aromatic N) is 2. The van der Waals surface area contributed by atoms with Crippen LogP contribution in [0.3, 0.4) is 0 Å². The third kappa shape index (κ3) is 3.38. The average Bonchev–Trinajstić information content (AvgIpc) is 2.78. The fraction of sp³-hybridized carbons (Fsp3) is 0.0625. The molecule has 0 N–H and O–H groups in total. The Morgan fingerprint density at radius 3 is 2.59 bits per heavy atom. The van der Waals surface area contributed by atoms with Gasteiger partial charge in [-0.25, -0.2) is 0 Å². The van der Waals surface area contributed by atoms with Crippen molar-refractivity contribution in [3.63, 3.8) is 0 Å². The summed E-state index contributed by atoms with van der Waals surface area (Å²) in [5.74, 6) is -0.265. The molecule has 2 aromatic rings. The Labute approximate surface area is 145 Å². The van der Waals surface area contributed by atoms with E-state index in [1.807, 2.05) is 30.3 Å². The molecular formula is C16H11IN2O2S. The number of rotatable bonds is 3. The number of hydrogen-bond acceptors (Lipinski definition) is 4. The first-order chi connectivity index (χ1) is 10.6. The first-order valence-corrected chi connectivity index (χ1v) is 8.44. The molecule has 0 aliphatic carbocycles. The van der Waals surface area contributed by atoms with Gasteiger partial charge in [-0.2, -0.15) is 0 Å². The number of thioether (sulfide) groups is 1. The maximum absolute atomic E-state index is 12.4. The van der Waals surface area contributed by atoms with Crippen LogP contribution in [0.4, 0.5) is 4.79 Å². The van der Waals surface area contributed by atoms with Gasteiger partial charge < -0.3 is 0 Å². The molecule has 0 radical (unpaired) electrons. The molecule has 0 bridgehead atoms.